The van der Waals surface area contributed by atoms with Crippen molar-refractivity contribution in [3.63, 3.8) is 0 Å². The fourth-order valence-electron chi connectivity index (χ4n) is 3.09. The van der Waals surface area contributed by atoms with E-state index in [4.69, 9.17) is 0 Å². The Morgan fingerprint density at radius 2 is 1.73 bits per heavy atom. The van der Waals surface area contributed by atoms with Gasteiger partial charge in [0.05, 0.1) is 17.1 Å². The molecule has 1 aliphatic heterocycles. The van der Waals surface area contributed by atoms with Gasteiger partial charge in [-0.3, -0.25) is 13.9 Å². The topological polar surface area (TPSA) is 44.0 Å². The van der Waals surface area contributed by atoms with E-state index in [1.54, 1.807) is 4.57 Å². The lowest BCUT2D eigenvalue weighted by molar-refractivity contribution is 0.579. The van der Waals surface area contributed by atoms with E-state index < -0.39 is 0 Å². The number of rotatable bonds is 3. The molecule has 0 radical (unpaired) electrons. The Balaban J connectivity index is 1.94. The highest BCUT2D eigenvalue weighted by Crippen LogP contribution is 2.30. The third-order valence-electron chi connectivity index (χ3n) is 4.47. The lowest BCUT2D eigenvalue weighted by atomic mass is 10.1. The van der Waals surface area contributed by atoms with Gasteiger partial charge in [-0.1, -0.05) is 78.0 Å². The summed E-state index contributed by atoms with van der Waals surface area (Å²) >= 11 is 1.42. The first-order chi connectivity index (χ1) is 12.6. The number of nitrogens with zero attached hydrogens (tertiary/aromatic N) is 2. The van der Waals surface area contributed by atoms with E-state index in [0.717, 1.165) is 16.7 Å². The minimum Gasteiger partial charge on any atom is -0.283 e. The molecule has 0 spiro atoms. The molecular weight excluding hydrogens is 344 g/mol. The Kier molecular flexibility index (Phi) is 4.39. The van der Waals surface area contributed by atoms with Crippen molar-refractivity contribution in [3.8, 4) is 11.1 Å². The maximum atomic E-state index is 13.2. The molecule has 0 N–H and O–H groups in total. The van der Waals surface area contributed by atoms with Crippen LogP contribution in [0.2, 0.25) is 0 Å². The highest BCUT2D eigenvalue weighted by molar-refractivity contribution is 8.02. The SMILES string of the molecule is Cc1ccc(Cn2c(=O)c(-c3ccccc3)c3n(c2=O)CC=CS3)cc1. The minimum atomic E-state index is -0.262. The number of allylic oxidation sites excluding steroid dienone is 1. The molecule has 0 aliphatic carbocycles. The van der Waals surface area contributed by atoms with Gasteiger partial charge in [0.1, 0.15) is 0 Å². The van der Waals surface area contributed by atoms with Crippen molar-refractivity contribution < 1.29 is 0 Å². The Morgan fingerprint density at radius 3 is 2.46 bits per heavy atom. The number of aromatic nitrogens is 2. The molecule has 2 heterocycles. The van der Waals surface area contributed by atoms with Crippen LogP contribution in [-0.2, 0) is 13.1 Å². The summed E-state index contributed by atoms with van der Waals surface area (Å²) < 4.78 is 3.03. The normalized spacial score (nSPS) is 12.8. The van der Waals surface area contributed by atoms with Gasteiger partial charge < -0.3 is 0 Å². The van der Waals surface area contributed by atoms with Crippen LogP contribution < -0.4 is 11.2 Å². The van der Waals surface area contributed by atoms with Gasteiger partial charge in [0.25, 0.3) is 5.56 Å². The smallest absolute Gasteiger partial charge is 0.283 e. The lowest BCUT2D eigenvalue weighted by Gasteiger charge is -2.19. The predicted octanol–water partition coefficient (Wildman–Crippen LogP) is 3.65. The Morgan fingerprint density at radius 1 is 1.00 bits per heavy atom. The van der Waals surface area contributed by atoms with Gasteiger partial charge in [0.15, 0.2) is 0 Å². The van der Waals surface area contributed by atoms with E-state index >= 15 is 0 Å². The molecule has 4 rings (SSSR count). The summed E-state index contributed by atoms with van der Waals surface area (Å²) in [4.78, 5) is 26.2. The Bertz CT molecular complexity index is 1090. The number of hydrogen-bond acceptors (Lipinski definition) is 3. The molecule has 4 nitrogen and oxygen atoms in total. The second kappa shape index (κ2) is 6.84. The van der Waals surface area contributed by atoms with E-state index in [-0.39, 0.29) is 17.8 Å². The predicted molar refractivity (Wildman–Crippen MR) is 106 cm³/mol. The van der Waals surface area contributed by atoms with Crippen LogP contribution in [0.15, 0.2) is 80.7 Å². The van der Waals surface area contributed by atoms with Crippen molar-refractivity contribution in [1.29, 1.82) is 0 Å². The molecule has 0 saturated heterocycles. The van der Waals surface area contributed by atoms with E-state index in [0.29, 0.717) is 17.1 Å². The van der Waals surface area contributed by atoms with E-state index in [9.17, 15) is 9.59 Å². The van der Waals surface area contributed by atoms with Crippen LogP contribution in [0, 0.1) is 6.92 Å². The molecule has 0 bridgehead atoms. The van der Waals surface area contributed by atoms with Crippen molar-refractivity contribution >= 4 is 11.8 Å². The van der Waals surface area contributed by atoms with Gasteiger partial charge in [-0.2, -0.15) is 0 Å². The maximum absolute atomic E-state index is 13.2. The van der Waals surface area contributed by atoms with Gasteiger partial charge in [-0.05, 0) is 23.5 Å². The number of aryl methyl sites for hydroxylation is 1. The quantitative estimate of drug-likeness (QED) is 0.668. The number of thioether (sulfide) groups is 1. The molecule has 0 atom stereocenters. The summed E-state index contributed by atoms with van der Waals surface area (Å²) in [5.74, 6) is 0. The number of fused-ring (bicyclic) bond motifs is 1. The summed E-state index contributed by atoms with van der Waals surface area (Å²) in [5.41, 5.74) is 3.01. The molecule has 3 aromatic rings. The molecule has 1 aliphatic rings. The lowest BCUT2D eigenvalue weighted by Crippen LogP contribution is -2.42. The second-order valence-electron chi connectivity index (χ2n) is 6.31. The summed E-state index contributed by atoms with van der Waals surface area (Å²) in [6.45, 7) is 2.77. The van der Waals surface area contributed by atoms with Crippen LogP contribution in [0.1, 0.15) is 11.1 Å². The molecule has 130 valence electrons. The highest BCUT2D eigenvalue weighted by Gasteiger charge is 2.21. The average Bonchev–Trinajstić information content (AvgIpc) is 2.68. The number of hydrogen-bond donors (Lipinski definition) is 0. The van der Waals surface area contributed by atoms with Crippen LogP contribution in [0.25, 0.3) is 11.1 Å². The van der Waals surface area contributed by atoms with Gasteiger partial charge in [0, 0.05) is 6.54 Å². The molecule has 0 unspecified atom stereocenters. The maximum Gasteiger partial charge on any atom is 0.332 e. The van der Waals surface area contributed by atoms with Crippen LogP contribution in [0.4, 0.5) is 0 Å². The Hall–Kier alpha value is -2.79. The number of benzene rings is 2. The highest BCUT2D eigenvalue weighted by atomic mass is 32.2. The van der Waals surface area contributed by atoms with Gasteiger partial charge in [0.2, 0.25) is 0 Å². The zero-order chi connectivity index (χ0) is 18.1. The molecular formula is C21H18N2O2S. The van der Waals surface area contributed by atoms with Crippen molar-refractivity contribution in [2.45, 2.75) is 25.0 Å². The van der Waals surface area contributed by atoms with Gasteiger partial charge in [-0.15, -0.1) is 0 Å². The summed E-state index contributed by atoms with van der Waals surface area (Å²) in [5, 5.41) is 2.65. The first-order valence-electron chi connectivity index (χ1n) is 8.45. The minimum absolute atomic E-state index is 0.240. The first kappa shape index (κ1) is 16.7. The molecule has 2 aromatic carbocycles. The van der Waals surface area contributed by atoms with Crippen LogP contribution in [0.3, 0.4) is 0 Å². The first-order valence-corrected chi connectivity index (χ1v) is 9.33. The molecule has 0 fully saturated rings. The largest absolute Gasteiger partial charge is 0.332 e. The van der Waals surface area contributed by atoms with Crippen molar-refractivity contribution in [3.05, 3.63) is 98.0 Å². The van der Waals surface area contributed by atoms with Crippen LogP contribution in [0.5, 0.6) is 0 Å². The fourth-order valence-corrected chi connectivity index (χ4v) is 4.01. The summed E-state index contributed by atoms with van der Waals surface area (Å²) in [7, 11) is 0. The van der Waals surface area contributed by atoms with Crippen molar-refractivity contribution in [2.75, 3.05) is 0 Å². The zero-order valence-corrected chi connectivity index (χ0v) is 15.2. The average molecular weight is 362 g/mol. The van der Waals surface area contributed by atoms with Gasteiger partial charge in [-0.25, -0.2) is 4.79 Å². The summed E-state index contributed by atoms with van der Waals surface area (Å²) in [6.07, 6.45) is 1.94. The molecule has 26 heavy (non-hydrogen) atoms. The molecule has 0 saturated carbocycles. The molecule has 1 aromatic heterocycles. The van der Waals surface area contributed by atoms with E-state index in [2.05, 4.69) is 0 Å². The zero-order valence-electron chi connectivity index (χ0n) is 14.4. The molecule has 0 amide bonds. The van der Waals surface area contributed by atoms with Crippen molar-refractivity contribution in [1.82, 2.24) is 9.13 Å². The molecule has 5 heteroatoms. The summed E-state index contributed by atoms with van der Waals surface area (Å²) in [6, 6.07) is 17.5. The van der Waals surface area contributed by atoms with Crippen LogP contribution in [-0.4, -0.2) is 9.13 Å². The third kappa shape index (κ3) is 2.95. The monoisotopic (exact) mass is 362 g/mol. The standard InChI is InChI=1S/C21H18N2O2S/c1-15-8-10-16(11-9-15)14-23-19(24)18(17-6-3-2-4-7-17)20-22(21(23)25)12-5-13-26-20/h2-11,13H,12,14H2,1H3. The fraction of sp³-hybridized carbons (Fsp3) is 0.143. The second-order valence-corrected chi connectivity index (χ2v) is 7.20. The van der Waals surface area contributed by atoms with E-state index in [1.807, 2.05) is 73.0 Å². The Labute approximate surface area is 155 Å². The van der Waals surface area contributed by atoms with E-state index in [1.165, 1.54) is 16.3 Å². The third-order valence-corrected chi connectivity index (χ3v) is 5.44. The van der Waals surface area contributed by atoms with Gasteiger partial charge >= 0.3 is 5.69 Å². The van der Waals surface area contributed by atoms with Crippen molar-refractivity contribution in [2.24, 2.45) is 0 Å². The van der Waals surface area contributed by atoms with Crippen LogP contribution >= 0.6 is 11.8 Å².